The average Bonchev–Trinajstić information content (AvgIpc) is 2.52. The molecule has 1 amide bonds. The SMILES string of the molecule is CCCCOc1ccc(Cl)cc1CC(=O)Nc1cnccc1C. The van der Waals surface area contributed by atoms with Crippen LogP contribution in [0.4, 0.5) is 5.69 Å². The van der Waals surface area contributed by atoms with Crippen molar-refractivity contribution in [2.45, 2.75) is 33.1 Å². The first-order chi connectivity index (χ1) is 11.1. The van der Waals surface area contributed by atoms with Gasteiger partial charge in [-0.2, -0.15) is 0 Å². The number of ether oxygens (including phenoxy) is 1. The summed E-state index contributed by atoms with van der Waals surface area (Å²) in [6, 6.07) is 7.22. The van der Waals surface area contributed by atoms with E-state index in [0.717, 1.165) is 24.0 Å². The van der Waals surface area contributed by atoms with Crippen LogP contribution in [-0.4, -0.2) is 17.5 Å². The van der Waals surface area contributed by atoms with Crippen molar-refractivity contribution >= 4 is 23.2 Å². The van der Waals surface area contributed by atoms with Crippen LogP contribution in [0.2, 0.25) is 5.02 Å². The van der Waals surface area contributed by atoms with Gasteiger partial charge >= 0.3 is 0 Å². The molecule has 2 rings (SSSR count). The van der Waals surface area contributed by atoms with Crippen LogP contribution in [0.5, 0.6) is 5.75 Å². The van der Waals surface area contributed by atoms with Crippen LogP contribution < -0.4 is 10.1 Å². The lowest BCUT2D eigenvalue weighted by atomic mass is 10.1. The zero-order valence-electron chi connectivity index (χ0n) is 13.4. The number of aryl methyl sites for hydroxylation is 1. The number of aromatic nitrogens is 1. The molecule has 1 aromatic heterocycles. The number of pyridine rings is 1. The Balaban J connectivity index is 2.07. The van der Waals surface area contributed by atoms with Gasteiger partial charge in [0.15, 0.2) is 0 Å². The van der Waals surface area contributed by atoms with E-state index in [9.17, 15) is 4.79 Å². The third kappa shape index (κ3) is 5.25. The van der Waals surface area contributed by atoms with Crippen LogP contribution in [0.3, 0.4) is 0 Å². The molecule has 2 aromatic rings. The van der Waals surface area contributed by atoms with E-state index in [2.05, 4.69) is 17.2 Å². The summed E-state index contributed by atoms with van der Waals surface area (Å²) in [5.74, 6) is 0.588. The maximum absolute atomic E-state index is 12.3. The molecule has 4 nitrogen and oxygen atoms in total. The first-order valence-corrected chi connectivity index (χ1v) is 8.09. The van der Waals surface area contributed by atoms with Crippen molar-refractivity contribution in [1.29, 1.82) is 0 Å². The maximum atomic E-state index is 12.3. The maximum Gasteiger partial charge on any atom is 0.228 e. The number of halogens is 1. The highest BCUT2D eigenvalue weighted by molar-refractivity contribution is 6.30. The van der Waals surface area contributed by atoms with E-state index in [1.54, 1.807) is 24.5 Å². The molecule has 0 fully saturated rings. The second-order valence-electron chi connectivity index (χ2n) is 5.37. The molecule has 0 aliphatic carbocycles. The zero-order chi connectivity index (χ0) is 16.7. The van der Waals surface area contributed by atoms with E-state index in [-0.39, 0.29) is 12.3 Å². The molecule has 0 bridgehead atoms. The van der Waals surface area contributed by atoms with Gasteiger partial charge in [-0.3, -0.25) is 9.78 Å². The van der Waals surface area contributed by atoms with Gasteiger partial charge in [-0.15, -0.1) is 0 Å². The van der Waals surface area contributed by atoms with Crippen molar-refractivity contribution < 1.29 is 9.53 Å². The Labute approximate surface area is 141 Å². The number of hydrogen-bond acceptors (Lipinski definition) is 3. The molecule has 0 aliphatic heterocycles. The van der Waals surface area contributed by atoms with Gasteiger partial charge in [-0.25, -0.2) is 0 Å². The van der Waals surface area contributed by atoms with Crippen molar-refractivity contribution in [1.82, 2.24) is 4.98 Å². The van der Waals surface area contributed by atoms with Crippen LogP contribution in [0, 0.1) is 6.92 Å². The normalized spacial score (nSPS) is 10.4. The summed E-state index contributed by atoms with van der Waals surface area (Å²) >= 11 is 6.05. The second-order valence-corrected chi connectivity index (χ2v) is 5.81. The second kappa shape index (κ2) is 8.53. The van der Waals surface area contributed by atoms with E-state index in [0.29, 0.717) is 23.1 Å². The lowest BCUT2D eigenvalue weighted by Crippen LogP contribution is -2.16. The zero-order valence-corrected chi connectivity index (χ0v) is 14.2. The van der Waals surface area contributed by atoms with Gasteiger partial charge in [0, 0.05) is 16.8 Å². The lowest BCUT2D eigenvalue weighted by Gasteiger charge is -2.12. The van der Waals surface area contributed by atoms with Crippen LogP contribution >= 0.6 is 11.6 Å². The minimum atomic E-state index is -0.122. The van der Waals surface area contributed by atoms with E-state index in [4.69, 9.17) is 16.3 Å². The van der Waals surface area contributed by atoms with Crippen molar-refractivity contribution in [3.05, 3.63) is 52.8 Å². The quantitative estimate of drug-likeness (QED) is 0.764. The first kappa shape index (κ1) is 17.3. The fraction of sp³-hybridized carbons (Fsp3) is 0.333. The Bertz CT molecular complexity index is 674. The lowest BCUT2D eigenvalue weighted by molar-refractivity contribution is -0.115. The molecule has 5 heteroatoms. The fourth-order valence-corrected chi connectivity index (χ4v) is 2.31. The number of rotatable bonds is 7. The highest BCUT2D eigenvalue weighted by Gasteiger charge is 2.11. The summed E-state index contributed by atoms with van der Waals surface area (Å²) in [7, 11) is 0. The number of anilines is 1. The van der Waals surface area contributed by atoms with Crippen LogP contribution in [0.25, 0.3) is 0 Å². The molecule has 0 aliphatic rings. The molecule has 0 spiro atoms. The summed E-state index contributed by atoms with van der Waals surface area (Å²) < 4.78 is 5.76. The fourth-order valence-electron chi connectivity index (χ4n) is 2.12. The minimum Gasteiger partial charge on any atom is -0.493 e. The van der Waals surface area contributed by atoms with E-state index < -0.39 is 0 Å². The average molecular weight is 333 g/mol. The van der Waals surface area contributed by atoms with Crippen LogP contribution in [-0.2, 0) is 11.2 Å². The Morgan fingerprint density at radius 2 is 2.17 bits per heavy atom. The van der Waals surface area contributed by atoms with Gasteiger partial charge in [-0.05, 0) is 43.2 Å². The predicted octanol–water partition coefficient (Wildman–Crippen LogP) is 4.40. The number of benzene rings is 1. The number of nitrogens with one attached hydrogen (secondary N) is 1. The molecular formula is C18H21ClN2O2. The van der Waals surface area contributed by atoms with Crippen molar-refractivity contribution in [3.63, 3.8) is 0 Å². The van der Waals surface area contributed by atoms with Crippen molar-refractivity contribution in [2.24, 2.45) is 0 Å². The van der Waals surface area contributed by atoms with Gasteiger partial charge < -0.3 is 10.1 Å². The van der Waals surface area contributed by atoms with Gasteiger partial charge in [0.25, 0.3) is 0 Å². The Hall–Kier alpha value is -2.07. The molecule has 0 saturated carbocycles. The molecule has 122 valence electrons. The largest absolute Gasteiger partial charge is 0.493 e. The van der Waals surface area contributed by atoms with Crippen LogP contribution in [0.1, 0.15) is 30.9 Å². The van der Waals surface area contributed by atoms with Crippen molar-refractivity contribution in [2.75, 3.05) is 11.9 Å². The predicted molar refractivity (Wildman–Crippen MR) is 93.2 cm³/mol. The van der Waals surface area contributed by atoms with Gasteiger partial charge in [0.2, 0.25) is 5.91 Å². The smallest absolute Gasteiger partial charge is 0.228 e. The summed E-state index contributed by atoms with van der Waals surface area (Å²) in [5, 5.41) is 3.46. The Morgan fingerprint density at radius 1 is 1.35 bits per heavy atom. The summed E-state index contributed by atoms with van der Waals surface area (Å²) in [6.07, 6.45) is 5.58. The van der Waals surface area contributed by atoms with E-state index >= 15 is 0 Å². The summed E-state index contributed by atoms with van der Waals surface area (Å²) in [6.45, 7) is 4.67. The molecule has 0 unspecified atom stereocenters. The molecule has 23 heavy (non-hydrogen) atoms. The Kier molecular flexibility index (Phi) is 6.41. The standard InChI is InChI=1S/C18H21ClN2O2/c1-3-4-9-23-17-6-5-15(19)10-14(17)11-18(22)21-16-12-20-8-7-13(16)2/h5-8,10,12H,3-4,9,11H2,1-2H3,(H,21,22). The number of unbranched alkanes of at least 4 members (excludes halogenated alkanes) is 1. The van der Waals surface area contributed by atoms with E-state index in [1.807, 2.05) is 19.1 Å². The molecule has 1 heterocycles. The molecule has 1 N–H and O–H groups in total. The number of amides is 1. The van der Waals surface area contributed by atoms with E-state index in [1.165, 1.54) is 0 Å². The summed E-state index contributed by atoms with van der Waals surface area (Å²) in [5.41, 5.74) is 2.47. The van der Waals surface area contributed by atoms with Gasteiger partial charge in [-0.1, -0.05) is 24.9 Å². The van der Waals surface area contributed by atoms with Gasteiger partial charge in [0.1, 0.15) is 5.75 Å². The molecule has 0 radical (unpaired) electrons. The minimum absolute atomic E-state index is 0.122. The molecule has 0 atom stereocenters. The molecule has 0 saturated heterocycles. The van der Waals surface area contributed by atoms with Crippen LogP contribution in [0.15, 0.2) is 36.7 Å². The van der Waals surface area contributed by atoms with Crippen molar-refractivity contribution in [3.8, 4) is 5.75 Å². The molecular weight excluding hydrogens is 312 g/mol. The number of carbonyl (C=O) groups excluding carboxylic acids is 1. The third-order valence-electron chi connectivity index (χ3n) is 3.44. The first-order valence-electron chi connectivity index (χ1n) is 7.72. The van der Waals surface area contributed by atoms with Gasteiger partial charge in [0.05, 0.1) is 24.9 Å². The highest BCUT2D eigenvalue weighted by atomic mass is 35.5. The highest BCUT2D eigenvalue weighted by Crippen LogP contribution is 2.24. The monoisotopic (exact) mass is 332 g/mol. The number of hydrogen-bond donors (Lipinski definition) is 1. The third-order valence-corrected chi connectivity index (χ3v) is 3.68. The number of nitrogens with zero attached hydrogens (tertiary/aromatic N) is 1. The number of carbonyl (C=O) groups is 1. The Morgan fingerprint density at radius 3 is 2.91 bits per heavy atom. The summed E-state index contributed by atoms with van der Waals surface area (Å²) in [4.78, 5) is 16.3. The topological polar surface area (TPSA) is 51.2 Å². The molecule has 1 aromatic carbocycles.